The van der Waals surface area contributed by atoms with Crippen molar-refractivity contribution in [2.75, 3.05) is 5.32 Å². The number of hydrogen-bond acceptors (Lipinski definition) is 3. The minimum atomic E-state index is -4.60. The van der Waals surface area contributed by atoms with Gasteiger partial charge in [0, 0.05) is 11.4 Å². The highest BCUT2D eigenvalue weighted by atomic mass is 35.5. The van der Waals surface area contributed by atoms with Gasteiger partial charge in [0.25, 0.3) is 0 Å². The maximum Gasteiger partial charge on any atom is 0.392 e. The molecule has 0 radical (unpaired) electrons. The van der Waals surface area contributed by atoms with Crippen molar-refractivity contribution < 1.29 is 27.5 Å². The van der Waals surface area contributed by atoms with Crippen LogP contribution in [0.25, 0.3) is 0 Å². The fourth-order valence-electron chi connectivity index (χ4n) is 3.20. The number of anilines is 1. The lowest BCUT2D eigenvalue weighted by molar-refractivity contribution is -0.178. The summed E-state index contributed by atoms with van der Waals surface area (Å²) in [5, 5.41) is 3.03. The molecule has 9 heteroatoms. The van der Waals surface area contributed by atoms with Gasteiger partial charge in [-0.2, -0.15) is 13.2 Å². The van der Waals surface area contributed by atoms with E-state index in [1.54, 1.807) is 32.9 Å². The van der Waals surface area contributed by atoms with E-state index < -0.39 is 29.5 Å². The maximum absolute atomic E-state index is 13.5. The lowest BCUT2D eigenvalue weighted by Crippen LogP contribution is -2.34. The first kappa shape index (κ1) is 27.0. The third-order valence-corrected chi connectivity index (χ3v) is 5.44. The molecule has 2 atom stereocenters. The Balaban J connectivity index is 2.23. The van der Waals surface area contributed by atoms with Gasteiger partial charge in [-0.25, -0.2) is 0 Å². The highest BCUT2D eigenvalue weighted by Gasteiger charge is 2.45. The average molecular weight is 504 g/mol. The van der Waals surface area contributed by atoms with Gasteiger partial charge in [-0.05, 0) is 62.6 Å². The summed E-state index contributed by atoms with van der Waals surface area (Å²) < 4.78 is 45.8. The number of hydrogen-bond donors (Lipinski definition) is 1. The van der Waals surface area contributed by atoms with Crippen molar-refractivity contribution in [1.82, 2.24) is 0 Å². The van der Waals surface area contributed by atoms with Crippen molar-refractivity contribution in [3.63, 3.8) is 0 Å². The molecule has 0 heterocycles. The number of ether oxygens (including phenoxy) is 1. The molecule has 1 N–H and O–H groups in total. The van der Waals surface area contributed by atoms with E-state index in [-0.39, 0.29) is 28.7 Å². The Morgan fingerprint density at radius 3 is 2.18 bits per heavy atom. The van der Waals surface area contributed by atoms with Crippen molar-refractivity contribution in [1.29, 1.82) is 0 Å². The van der Waals surface area contributed by atoms with Crippen molar-refractivity contribution in [2.45, 2.75) is 58.2 Å². The van der Waals surface area contributed by atoms with E-state index >= 15 is 0 Å². The standard InChI is InChI=1S/C24H26Cl2F3NO3/c1-14(24(27,28)29)21(16-7-9-17(25)10-8-16)22(32)30-19-13-15(5-11-18(19)26)6-12-20(31)33-23(2,3)4/h5,7-11,13-14,21H,6,12H2,1-4H3,(H,30,32). The molecule has 2 aromatic carbocycles. The Kier molecular flexibility index (Phi) is 8.82. The summed E-state index contributed by atoms with van der Waals surface area (Å²) in [5.41, 5.74) is 0.408. The molecule has 0 spiro atoms. The van der Waals surface area contributed by atoms with E-state index in [1.807, 2.05) is 0 Å². The molecular weight excluding hydrogens is 478 g/mol. The van der Waals surface area contributed by atoms with Gasteiger partial charge in [0.1, 0.15) is 5.60 Å². The zero-order valence-corrected chi connectivity index (χ0v) is 20.2. The van der Waals surface area contributed by atoms with Crippen LogP contribution in [0.5, 0.6) is 0 Å². The van der Waals surface area contributed by atoms with Gasteiger partial charge >= 0.3 is 12.1 Å². The monoisotopic (exact) mass is 503 g/mol. The van der Waals surface area contributed by atoms with Gasteiger partial charge in [-0.1, -0.05) is 48.3 Å². The van der Waals surface area contributed by atoms with Gasteiger partial charge in [0.05, 0.1) is 22.5 Å². The van der Waals surface area contributed by atoms with E-state index in [2.05, 4.69) is 5.32 Å². The smallest absolute Gasteiger partial charge is 0.392 e. The van der Waals surface area contributed by atoms with Gasteiger partial charge in [0.2, 0.25) is 5.91 Å². The summed E-state index contributed by atoms with van der Waals surface area (Å²) in [4.78, 5) is 25.0. The van der Waals surface area contributed by atoms with Gasteiger partial charge in [-0.15, -0.1) is 0 Å². The molecule has 0 aliphatic rings. The highest BCUT2D eigenvalue weighted by molar-refractivity contribution is 6.33. The molecule has 0 fully saturated rings. The third-order valence-electron chi connectivity index (χ3n) is 4.85. The number of rotatable bonds is 7. The first-order valence-corrected chi connectivity index (χ1v) is 11.1. The highest BCUT2D eigenvalue weighted by Crippen LogP contribution is 2.39. The van der Waals surface area contributed by atoms with Crippen molar-refractivity contribution in [2.24, 2.45) is 5.92 Å². The summed E-state index contributed by atoms with van der Waals surface area (Å²) in [6.07, 6.45) is -4.18. The van der Waals surface area contributed by atoms with Crippen LogP contribution in [0.1, 0.15) is 51.2 Å². The Bertz CT molecular complexity index is 986. The molecule has 4 nitrogen and oxygen atoms in total. The molecule has 2 aromatic rings. The van der Waals surface area contributed by atoms with Crippen molar-refractivity contribution >= 4 is 40.8 Å². The number of halogens is 5. The topological polar surface area (TPSA) is 55.4 Å². The number of benzene rings is 2. The molecule has 33 heavy (non-hydrogen) atoms. The van der Waals surface area contributed by atoms with Gasteiger partial charge in [-0.3, -0.25) is 9.59 Å². The number of amides is 1. The number of esters is 1. The van der Waals surface area contributed by atoms with Crippen LogP contribution in [-0.4, -0.2) is 23.7 Å². The first-order valence-electron chi connectivity index (χ1n) is 10.3. The van der Waals surface area contributed by atoms with Crippen LogP contribution >= 0.6 is 23.2 Å². The van der Waals surface area contributed by atoms with E-state index in [4.69, 9.17) is 27.9 Å². The van der Waals surface area contributed by atoms with Crippen LogP contribution in [0, 0.1) is 5.92 Å². The van der Waals surface area contributed by atoms with Crippen LogP contribution in [-0.2, 0) is 20.7 Å². The SMILES string of the molecule is CC(C(C(=O)Nc1cc(CCC(=O)OC(C)(C)C)ccc1Cl)c1ccc(Cl)cc1)C(F)(F)F. The summed E-state index contributed by atoms with van der Waals surface area (Å²) in [5.74, 6) is -4.70. The van der Waals surface area contributed by atoms with Crippen LogP contribution in [0.3, 0.4) is 0 Å². The second kappa shape index (κ2) is 10.8. The van der Waals surface area contributed by atoms with Crippen LogP contribution in [0.2, 0.25) is 10.0 Å². The molecule has 0 bridgehead atoms. The first-order chi connectivity index (χ1) is 15.2. The third kappa shape index (κ3) is 8.23. The molecule has 0 aliphatic carbocycles. The molecule has 2 unspecified atom stereocenters. The zero-order valence-electron chi connectivity index (χ0n) is 18.7. The van der Waals surface area contributed by atoms with E-state index in [0.717, 1.165) is 6.92 Å². The lowest BCUT2D eigenvalue weighted by atomic mass is 9.86. The van der Waals surface area contributed by atoms with Crippen LogP contribution in [0.4, 0.5) is 18.9 Å². The minimum absolute atomic E-state index is 0.102. The summed E-state index contributed by atoms with van der Waals surface area (Å²) in [7, 11) is 0. The molecule has 0 saturated carbocycles. The van der Waals surface area contributed by atoms with Crippen molar-refractivity contribution in [3.8, 4) is 0 Å². The van der Waals surface area contributed by atoms with Crippen LogP contribution < -0.4 is 5.32 Å². The number of alkyl halides is 3. The fourth-order valence-corrected chi connectivity index (χ4v) is 3.49. The largest absolute Gasteiger partial charge is 0.460 e. The fraction of sp³-hybridized carbons (Fsp3) is 0.417. The van der Waals surface area contributed by atoms with Crippen LogP contribution in [0.15, 0.2) is 42.5 Å². The summed E-state index contributed by atoms with van der Waals surface area (Å²) >= 11 is 12.0. The summed E-state index contributed by atoms with van der Waals surface area (Å²) in [6, 6.07) is 10.4. The molecular formula is C24H26Cl2F3NO3. The normalized spacial score (nSPS) is 13.8. The number of nitrogens with one attached hydrogen (secondary N) is 1. The van der Waals surface area contributed by atoms with Gasteiger partial charge in [0.15, 0.2) is 0 Å². The van der Waals surface area contributed by atoms with Gasteiger partial charge < -0.3 is 10.1 Å². The summed E-state index contributed by atoms with van der Waals surface area (Å²) in [6.45, 7) is 6.25. The maximum atomic E-state index is 13.5. The molecule has 180 valence electrons. The molecule has 0 saturated heterocycles. The molecule has 0 aliphatic heterocycles. The molecule has 0 aromatic heterocycles. The number of carbonyl (C=O) groups is 2. The second-order valence-corrected chi connectivity index (χ2v) is 9.59. The van der Waals surface area contributed by atoms with E-state index in [0.29, 0.717) is 17.0 Å². The Hall–Kier alpha value is -2.25. The molecule has 2 rings (SSSR count). The van der Waals surface area contributed by atoms with E-state index in [1.165, 1.54) is 30.3 Å². The zero-order chi connectivity index (χ0) is 25.0. The predicted molar refractivity (Wildman–Crippen MR) is 124 cm³/mol. The quantitative estimate of drug-likeness (QED) is 0.406. The number of aryl methyl sites for hydroxylation is 1. The Labute approximate surface area is 201 Å². The second-order valence-electron chi connectivity index (χ2n) is 8.75. The van der Waals surface area contributed by atoms with E-state index in [9.17, 15) is 22.8 Å². The Morgan fingerprint density at radius 1 is 1.03 bits per heavy atom. The lowest BCUT2D eigenvalue weighted by Gasteiger charge is -2.26. The molecule has 1 amide bonds. The minimum Gasteiger partial charge on any atom is -0.460 e. The average Bonchev–Trinajstić information content (AvgIpc) is 2.68. The van der Waals surface area contributed by atoms with Crippen molar-refractivity contribution in [3.05, 3.63) is 63.6 Å². The Morgan fingerprint density at radius 2 is 1.64 bits per heavy atom. The number of carbonyl (C=O) groups excluding carboxylic acids is 2. The predicted octanol–water partition coefficient (Wildman–Crippen LogP) is 7.19.